The summed E-state index contributed by atoms with van der Waals surface area (Å²) in [4.78, 5) is 4.39. The average molecular weight is 243 g/mol. The van der Waals surface area contributed by atoms with Crippen LogP contribution in [0.1, 0.15) is 49.7 Å². The van der Waals surface area contributed by atoms with Gasteiger partial charge in [0.15, 0.2) is 0 Å². The SMILES string of the molecule is Cc1c(C2=CCCC2)ccnc1OCC1CCC1. The molecule has 96 valence electrons. The van der Waals surface area contributed by atoms with E-state index >= 15 is 0 Å². The van der Waals surface area contributed by atoms with E-state index < -0.39 is 0 Å². The molecular formula is C16H21NO. The quantitative estimate of drug-likeness (QED) is 0.793. The Morgan fingerprint density at radius 2 is 2.22 bits per heavy atom. The zero-order chi connectivity index (χ0) is 12.4. The van der Waals surface area contributed by atoms with Crippen LogP contribution in [-0.4, -0.2) is 11.6 Å². The van der Waals surface area contributed by atoms with E-state index in [9.17, 15) is 0 Å². The van der Waals surface area contributed by atoms with Crippen LogP contribution in [0.5, 0.6) is 5.88 Å². The largest absolute Gasteiger partial charge is 0.477 e. The fourth-order valence-electron chi connectivity index (χ4n) is 2.78. The van der Waals surface area contributed by atoms with Gasteiger partial charge in [-0.3, -0.25) is 0 Å². The van der Waals surface area contributed by atoms with E-state index in [1.807, 2.05) is 6.20 Å². The Hall–Kier alpha value is -1.31. The third-order valence-electron chi connectivity index (χ3n) is 4.23. The summed E-state index contributed by atoms with van der Waals surface area (Å²) in [6.07, 6.45) is 12.0. The molecular weight excluding hydrogens is 222 g/mol. The summed E-state index contributed by atoms with van der Waals surface area (Å²) in [6, 6.07) is 2.13. The minimum atomic E-state index is 0.764. The maximum Gasteiger partial charge on any atom is 0.216 e. The van der Waals surface area contributed by atoms with E-state index in [0.717, 1.165) is 18.4 Å². The van der Waals surface area contributed by atoms with E-state index in [2.05, 4.69) is 24.1 Å². The van der Waals surface area contributed by atoms with Crippen LogP contribution in [0.4, 0.5) is 0 Å². The van der Waals surface area contributed by atoms with Crippen molar-refractivity contribution in [2.45, 2.75) is 45.4 Å². The van der Waals surface area contributed by atoms with Crippen LogP contribution >= 0.6 is 0 Å². The molecule has 0 radical (unpaired) electrons. The second-order valence-corrected chi connectivity index (χ2v) is 5.52. The highest BCUT2D eigenvalue weighted by Crippen LogP contribution is 2.33. The Kier molecular flexibility index (Phi) is 3.35. The average Bonchev–Trinajstić information content (AvgIpc) is 2.82. The molecule has 2 aliphatic carbocycles. The lowest BCUT2D eigenvalue weighted by Gasteiger charge is -2.25. The first-order valence-electron chi connectivity index (χ1n) is 7.12. The molecule has 3 rings (SSSR count). The number of hydrogen-bond acceptors (Lipinski definition) is 2. The Morgan fingerprint density at radius 1 is 1.33 bits per heavy atom. The maximum atomic E-state index is 5.90. The Morgan fingerprint density at radius 3 is 2.89 bits per heavy atom. The second kappa shape index (κ2) is 5.13. The third-order valence-corrected chi connectivity index (χ3v) is 4.23. The molecule has 1 fully saturated rings. The van der Waals surface area contributed by atoms with Gasteiger partial charge in [0.05, 0.1) is 6.61 Å². The molecule has 0 unspecified atom stereocenters. The van der Waals surface area contributed by atoms with Gasteiger partial charge in [0, 0.05) is 11.8 Å². The van der Waals surface area contributed by atoms with E-state index in [4.69, 9.17) is 4.74 Å². The fourth-order valence-corrected chi connectivity index (χ4v) is 2.78. The van der Waals surface area contributed by atoms with Gasteiger partial charge < -0.3 is 4.74 Å². The van der Waals surface area contributed by atoms with Gasteiger partial charge in [-0.15, -0.1) is 0 Å². The predicted molar refractivity (Wildman–Crippen MR) is 73.6 cm³/mol. The Labute approximate surface area is 109 Å². The van der Waals surface area contributed by atoms with Gasteiger partial charge in [-0.05, 0) is 62.1 Å². The van der Waals surface area contributed by atoms with Crippen molar-refractivity contribution >= 4 is 5.57 Å². The van der Waals surface area contributed by atoms with Gasteiger partial charge in [-0.25, -0.2) is 4.98 Å². The van der Waals surface area contributed by atoms with Gasteiger partial charge in [0.1, 0.15) is 0 Å². The first-order chi connectivity index (χ1) is 8.84. The molecule has 0 aromatic carbocycles. The number of aromatic nitrogens is 1. The van der Waals surface area contributed by atoms with Crippen molar-refractivity contribution < 1.29 is 4.74 Å². The van der Waals surface area contributed by atoms with E-state index in [-0.39, 0.29) is 0 Å². The molecule has 0 N–H and O–H groups in total. The van der Waals surface area contributed by atoms with Gasteiger partial charge in [0.2, 0.25) is 5.88 Å². The molecule has 0 aliphatic heterocycles. The third kappa shape index (κ3) is 2.29. The van der Waals surface area contributed by atoms with Crippen LogP contribution in [0.25, 0.3) is 5.57 Å². The van der Waals surface area contributed by atoms with Crippen LogP contribution in [0.3, 0.4) is 0 Å². The van der Waals surface area contributed by atoms with Gasteiger partial charge >= 0.3 is 0 Å². The summed E-state index contributed by atoms with van der Waals surface area (Å²) in [7, 11) is 0. The zero-order valence-electron chi connectivity index (χ0n) is 11.1. The van der Waals surface area contributed by atoms with Crippen molar-refractivity contribution in [3.8, 4) is 5.88 Å². The highest BCUT2D eigenvalue weighted by atomic mass is 16.5. The van der Waals surface area contributed by atoms with Crippen LogP contribution in [-0.2, 0) is 0 Å². The lowest BCUT2D eigenvalue weighted by Crippen LogP contribution is -2.20. The van der Waals surface area contributed by atoms with Crippen molar-refractivity contribution in [2.75, 3.05) is 6.61 Å². The molecule has 1 aromatic rings. The summed E-state index contributed by atoms with van der Waals surface area (Å²) in [6.45, 7) is 2.98. The van der Waals surface area contributed by atoms with Gasteiger partial charge in [0.25, 0.3) is 0 Å². The predicted octanol–water partition coefficient (Wildman–Crippen LogP) is 4.14. The standard InChI is InChI=1S/C16H21NO/c1-12-15(14-7-2-3-8-14)9-10-17-16(12)18-11-13-5-4-6-13/h7,9-10,13H,2-6,8,11H2,1H3. The van der Waals surface area contributed by atoms with Crippen molar-refractivity contribution in [3.63, 3.8) is 0 Å². The molecule has 0 amide bonds. The summed E-state index contributed by atoms with van der Waals surface area (Å²) < 4.78 is 5.90. The first kappa shape index (κ1) is 11.8. The van der Waals surface area contributed by atoms with Crippen LogP contribution in [0, 0.1) is 12.8 Å². The number of pyridine rings is 1. The highest BCUT2D eigenvalue weighted by molar-refractivity contribution is 5.70. The number of rotatable bonds is 4. The lowest BCUT2D eigenvalue weighted by molar-refractivity contribution is 0.175. The normalized spacial score (nSPS) is 19.5. The number of allylic oxidation sites excluding steroid dienone is 2. The van der Waals surface area contributed by atoms with E-state index in [1.54, 1.807) is 0 Å². The Bertz CT molecular complexity index is 460. The molecule has 1 heterocycles. The molecule has 1 aromatic heterocycles. The van der Waals surface area contributed by atoms with Gasteiger partial charge in [-0.1, -0.05) is 12.5 Å². The van der Waals surface area contributed by atoms with Crippen molar-refractivity contribution in [3.05, 3.63) is 29.5 Å². The molecule has 2 aliphatic rings. The molecule has 0 atom stereocenters. The Balaban J connectivity index is 1.75. The van der Waals surface area contributed by atoms with Crippen molar-refractivity contribution in [2.24, 2.45) is 5.92 Å². The minimum absolute atomic E-state index is 0.764. The van der Waals surface area contributed by atoms with Crippen LogP contribution in [0.15, 0.2) is 18.3 Å². The number of hydrogen-bond donors (Lipinski definition) is 0. The molecule has 2 heteroatoms. The molecule has 1 saturated carbocycles. The summed E-state index contributed by atoms with van der Waals surface area (Å²) in [5, 5.41) is 0. The minimum Gasteiger partial charge on any atom is -0.477 e. The lowest BCUT2D eigenvalue weighted by atomic mass is 9.86. The zero-order valence-corrected chi connectivity index (χ0v) is 11.1. The highest BCUT2D eigenvalue weighted by Gasteiger charge is 2.19. The second-order valence-electron chi connectivity index (χ2n) is 5.52. The van der Waals surface area contributed by atoms with Crippen molar-refractivity contribution in [1.29, 1.82) is 0 Å². The maximum absolute atomic E-state index is 5.90. The first-order valence-corrected chi connectivity index (χ1v) is 7.12. The van der Waals surface area contributed by atoms with Crippen molar-refractivity contribution in [1.82, 2.24) is 4.98 Å². The monoisotopic (exact) mass is 243 g/mol. The molecule has 0 saturated heterocycles. The summed E-state index contributed by atoms with van der Waals surface area (Å²) in [5.41, 5.74) is 4.03. The number of ether oxygens (including phenoxy) is 1. The fraction of sp³-hybridized carbons (Fsp3) is 0.562. The summed E-state index contributed by atoms with van der Waals surface area (Å²) in [5.74, 6) is 1.60. The molecule has 0 spiro atoms. The molecule has 0 bridgehead atoms. The van der Waals surface area contributed by atoms with E-state index in [0.29, 0.717) is 0 Å². The van der Waals surface area contributed by atoms with Gasteiger partial charge in [-0.2, -0.15) is 0 Å². The van der Waals surface area contributed by atoms with E-state index in [1.165, 1.54) is 55.2 Å². The molecule has 2 nitrogen and oxygen atoms in total. The topological polar surface area (TPSA) is 22.1 Å². The van der Waals surface area contributed by atoms with Crippen LogP contribution < -0.4 is 4.74 Å². The van der Waals surface area contributed by atoms with Crippen LogP contribution in [0.2, 0.25) is 0 Å². The number of nitrogens with zero attached hydrogens (tertiary/aromatic N) is 1. The summed E-state index contributed by atoms with van der Waals surface area (Å²) >= 11 is 0. The molecule has 18 heavy (non-hydrogen) atoms. The smallest absolute Gasteiger partial charge is 0.216 e.